The normalized spacial score (nSPS) is 25.4. The van der Waals surface area contributed by atoms with Crippen molar-refractivity contribution in [2.45, 2.75) is 56.5 Å². The van der Waals surface area contributed by atoms with Crippen molar-refractivity contribution in [1.82, 2.24) is 14.9 Å². The number of H-pyrrole nitrogens is 1. The molecular weight excluding hydrogens is 485 g/mol. The summed E-state index contributed by atoms with van der Waals surface area (Å²) < 4.78 is 17.6. The van der Waals surface area contributed by atoms with E-state index in [2.05, 4.69) is 0 Å². The number of hydrogen-bond acceptors (Lipinski definition) is 9. The van der Waals surface area contributed by atoms with Crippen LogP contribution in [0.2, 0.25) is 0 Å². The summed E-state index contributed by atoms with van der Waals surface area (Å²) in [5.41, 5.74) is -2.12. The Balaban J connectivity index is 2.47. The molecule has 0 aromatic carbocycles. The van der Waals surface area contributed by atoms with Crippen LogP contribution in [-0.4, -0.2) is 79.6 Å². The SMILES string of the molecule is CO[C@H]1C(OP(O)(=S)C(C)C)[C@@H](C(=O)N[C@H](CC(=O)O)C(=O)O)O[C@H]1n1ccc(=O)[nH]c1=O. The Morgan fingerprint density at radius 3 is 2.42 bits per heavy atom. The smallest absolute Gasteiger partial charge is 0.330 e. The van der Waals surface area contributed by atoms with E-state index in [1.54, 1.807) is 13.8 Å². The zero-order valence-corrected chi connectivity index (χ0v) is 19.4. The Morgan fingerprint density at radius 2 is 1.94 bits per heavy atom. The van der Waals surface area contributed by atoms with Crippen molar-refractivity contribution < 1.29 is 43.5 Å². The quantitative estimate of drug-likeness (QED) is 0.231. The summed E-state index contributed by atoms with van der Waals surface area (Å²) in [6, 6.07) is -0.768. The lowest BCUT2D eigenvalue weighted by Gasteiger charge is -2.29. The van der Waals surface area contributed by atoms with E-state index in [0.717, 1.165) is 16.8 Å². The monoisotopic (exact) mass is 509 g/mol. The molecule has 14 nitrogen and oxygen atoms in total. The minimum Gasteiger partial charge on any atom is -0.481 e. The van der Waals surface area contributed by atoms with Crippen LogP contribution < -0.4 is 16.6 Å². The van der Waals surface area contributed by atoms with E-state index in [9.17, 15) is 34.0 Å². The van der Waals surface area contributed by atoms with Gasteiger partial charge in [-0.15, -0.1) is 0 Å². The summed E-state index contributed by atoms with van der Waals surface area (Å²) in [7, 11) is 1.22. The zero-order chi connectivity index (χ0) is 25.1. The Bertz CT molecular complexity index is 1070. The third-order valence-corrected chi connectivity index (χ3v) is 8.14. The molecule has 1 aliphatic heterocycles. The highest BCUT2D eigenvalue weighted by Crippen LogP contribution is 2.51. The Morgan fingerprint density at radius 1 is 1.30 bits per heavy atom. The van der Waals surface area contributed by atoms with Gasteiger partial charge in [-0.3, -0.25) is 23.9 Å². The molecule has 6 atom stereocenters. The van der Waals surface area contributed by atoms with Crippen LogP contribution in [0.4, 0.5) is 0 Å². The molecule has 2 rings (SSSR count). The van der Waals surface area contributed by atoms with Gasteiger partial charge in [-0.25, -0.2) is 9.59 Å². The molecule has 1 aromatic heterocycles. The number of nitrogens with zero attached hydrogens (tertiary/aromatic N) is 1. The molecule has 1 aromatic rings. The third-order valence-electron chi connectivity index (χ3n) is 4.76. The second kappa shape index (κ2) is 10.7. The Hall–Kier alpha value is -2.42. The predicted molar refractivity (Wildman–Crippen MR) is 114 cm³/mol. The number of methoxy groups -OCH3 is 1. The number of amides is 1. The van der Waals surface area contributed by atoms with Gasteiger partial charge in [-0.05, 0) is 11.8 Å². The van der Waals surface area contributed by atoms with Crippen molar-refractivity contribution in [3.8, 4) is 0 Å². The number of nitrogens with one attached hydrogen (secondary N) is 2. The predicted octanol–water partition coefficient (Wildman–Crippen LogP) is -1.41. The van der Waals surface area contributed by atoms with Crippen LogP contribution in [0.5, 0.6) is 0 Å². The standard InChI is InChI=1S/C17H24N3O11PS/c1-7(2)32(28,33)31-11-12(14(24)18-8(16(25)26)6-10(22)23)30-15(13(11)29-3)20-5-4-9(21)19-17(20)27/h4-5,7-8,11-13,15H,6H2,1-3H3,(H,18,24)(H,22,23)(H,25,26)(H,28,33)(H,19,21,27)/t8-,11?,12+,13+,15-,32?/m1/s1. The van der Waals surface area contributed by atoms with Crippen molar-refractivity contribution in [1.29, 1.82) is 0 Å². The molecule has 5 N–H and O–H groups in total. The molecular formula is C17H24N3O11PS. The van der Waals surface area contributed by atoms with Crippen LogP contribution in [0.15, 0.2) is 21.9 Å². The molecule has 2 unspecified atom stereocenters. The lowest BCUT2D eigenvalue weighted by atomic mass is 10.1. The molecule has 0 saturated carbocycles. The average molecular weight is 509 g/mol. The van der Waals surface area contributed by atoms with E-state index in [1.165, 1.54) is 7.11 Å². The van der Waals surface area contributed by atoms with Crippen LogP contribution in [0, 0.1) is 0 Å². The minimum atomic E-state index is -3.52. The zero-order valence-electron chi connectivity index (χ0n) is 17.7. The number of hydrogen-bond donors (Lipinski definition) is 5. The number of carboxylic acids is 2. The molecule has 1 fully saturated rings. The highest BCUT2D eigenvalue weighted by molar-refractivity contribution is 8.09. The molecule has 0 aliphatic carbocycles. The van der Waals surface area contributed by atoms with Crippen molar-refractivity contribution in [2.75, 3.05) is 7.11 Å². The van der Waals surface area contributed by atoms with Gasteiger partial charge < -0.3 is 34.4 Å². The van der Waals surface area contributed by atoms with Crippen molar-refractivity contribution >= 4 is 36.1 Å². The fraction of sp³-hybridized carbons (Fsp3) is 0.588. The van der Waals surface area contributed by atoms with Gasteiger partial charge in [0.2, 0.25) is 0 Å². The minimum absolute atomic E-state index is 0.539. The summed E-state index contributed by atoms with van der Waals surface area (Å²) in [6.45, 7) is -0.341. The number of rotatable bonds is 10. The number of carbonyl (C=O) groups excluding carboxylic acids is 1. The first kappa shape index (κ1) is 26.8. The summed E-state index contributed by atoms with van der Waals surface area (Å²) >= 11 is 5.14. The second-order valence-electron chi connectivity index (χ2n) is 7.39. The van der Waals surface area contributed by atoms with Gasteiger partial charge in [-0.1, -0.05) is 13.8 Å². The van der Waals surface area contributed by atoms with Crippen LogP contribution in [0.1, 0.15) is 26.5 Å². The summed E-state index contributed by atoms with van der Waals surface area (Å²) in [4.78, 5) is 71.5. The largest absolute Gasteiger partial charge is 0.481 e. The number of ether oxygens (including phenoxy) is 2. The third kappa shape index (κ3) is 6.34. The van der Waals surface area contributed by atoms with Crippen LogP contribution in [0.3, 0.4) is 0 Å². The molecule has 0 bridgehead atoms. The van der Waals surface area contributed by atoms with Gasteiger partial charge in [0.15, 0.2) is 18.8 Å². The average Bonchev–Trinajstić information content (AvgIpc) is 3.04. The van der Waals surface area contributed by atoms with Crippen molar-refractivity contribution in [2.24, 2.45) is 0 Å². The molecule has 1 saturated heterocycles. The Labute approximate surface area is 191 Å². The summed E-state index contributed by atoms with van der Waals surface area (Å²) in [6.07, 6.45) is -5.43. The van der Waals surface area contributed by atoms with E-state index in [-0.39, 0.29) is 0 Å². The maximum absolute atomic E-state index is 12.9. The molecule has 0 radical (unpaired) electrons. The first-order valence-corrected chi connectivity index (χ1v) is 12.3. The lowest BCUT2D eigenvalue weighted by Crippen LogP contribution is -2.50. The van der Waals surface area contributed by atoms with Crippen LogP contribution in [0.25, 0.3) is 0 Å². The summed E-state index contributed by atoms with van der Waals surface area (Å²) in [5, 5.41) is 20.2. The van der Waals surface area contributed by atoms with E-state index in [1.807, 2.05) is 10.3 Å². The molecule has 184 valence electrons. The van der Waals surface area contributed by atoms with E-state index < -0.39 is 78.2 Å². The molecule has 1 amide bonds. The van der Waals surface area contributed by atoms with E-state index >= 15 is 0 Å². The first-order valence-electron chi connectivity index (χ1n) is 9.54. The van der Waals surface area contributed by atoms with Gasteiger partial charge >= 0.3 is 17.6 Å². The van der Waals surface area contributed by atoms with Gasteiger partial charge in [-0.2, -0.15) is 0 Å². The van der Waals surface area contributed by atoms with Gasteiger partial charge in [0.1, 0.15) is 18.2 Å². The maximum Gasteiger partial charge on any atom is 0.330 e. The number of aromatic nitrogens is 2. The van der Waals surface area contributed by atoms with E-state index in [4.69, 9.17) is 30.9 Å². The van der Waals surface area contributed by atoms with Crippen LogP contribution in [-0.2, 0) is 40.2 Å². The molecule has 2 heterocycles. The van der Waals surface area contributed by atoms with Gasteiger partial charge in [0.25, 0.3) is 11.5 Å². The van der Waals surface area contributed by atoms with Gasteiger partial charge in [0.05, 0.1) is 6.42 Å². The molecule has 16 heteroatoms. The number of carbonyl (C=O) groups is 3. The number of carboxylic acid groups (broad SMARTS) is 2. The number of aliphatic carboxylic acids is 2. The molecule has 0 spiro atoms. The number of aromatic amines is 1. The highest BCUT2D eigenvalue weighted by Gasteiger charge is 2.52. The Kier molecular flexibility index (Phi) is 8.68. The van der Waals surface area contributed by atoms with Crippen molar-refractivity contribution in [3.63, 3.8) is 0 Å². The van der Waals surface area contributed by atoms with Crippen LogP contribution >= 0.6 is 6.49 Å². The van der Waals surface area contributed by atoms with Gasteiger partial charge in [0, 0.05) is 25.0 Å². The molecule has 1 aliphatic rings. The fourth-order valence-electron chi connectivity index (χ4n) is 2.99. The topological polar surface area (TPSA) is 206 Å². The lowest BCUT2D eigenvalue weighted by molar-refractivity contribution is -0.149. The molecule has 33 heavy (non-hydrogen) atoms. The first-order chi connectivity index (χ1) is 15.3. The van der Waals surface area contributed by atoms with Crippen molar-refractivity contribution in [3.05, 3.63) is 33.1 Å². The maximum atomic E-state index is 12.9. The van der Waals surface area contributed by atoms with E-state index in [0.29, 0.717) is 0 Å². The summed E-state index contributed by atoms with van der Waals surface area (Å²) in [5.74, 6) is -4.16. The highest BCUT2D eigenvalue weighted by atomic mass is 32.5. The second-order valence-corrected chi connectivity index (χ2v) is 11.3. The fourth-order valence-corrected chi connectivity index (χ4v) is 4.11.